The molecule has 0 radical (unpaired) electrons. The molecule has 0 bridgehead atoms. The smallest absolute Gasteiger partial charge is 0.203 e. The molecule has 0 saturated carbocycles. The van der Waals surface area contributed by atoms with E-state index in [1.165, 1.54) is 0 Å². The summed E-state index contributed by atoms with van der Waals surface area (Å²) >= 11 is 0. The van der Waals surface area contributed by atoms with Crippen LogP contribution in [-0.2, 0) is 4.43 Å². The van der Waals surface area contributed by atoms with E-state index >= 15 is 0 Å². The van der Waals surface area contributed by atoms with Crippen LogP contribution in [0, 0.1) is 0 Å². The minimum absolute atomic E-state index is 0.816. The molecule has 0 unspecified atom stereocenters. The summed E-state index contributed by atoms with van der Waals surface area (Å²) in [6.45, 7) is 2.08. The van der Waals surface area contributed by atoms with E-state index in [0.717, 1.165) is 16.9 Å². The Bertz CT molecular complexity index is 36.8. The number of rotatable bonds is 2. The van der Waals surface area contributed by atoms with Crippen LogP contribution in [0.3, 0.4) is 0 Å². The molecular formula is C4H10OSi. The van der Waals surface area contributed by atoms with Gasteiger partial charge in [-0.1, -0.05) is 13.0 Å². The molecule has 0 atom stereocenters. The highest BCUT2D eigenvalue weighted by Gasteiger charge is 1.58. The maximum Gasteiger partial charge on any atom is 0.203 e. The van der Waals surface area contributed by atoms with Gasteiger partial charge in [-0.05, 0) is 6.42 Å². The van der Waals surface area contributed by atoms with Crippen molar-refractivity contribution in [3.05, 3.63) is 12.3 Å². The van der Waals surface area contributed by atoms with Crippen LogP contribution in [0.15, 0.2) is 12.3 Å². The number of hydrogen-bond donors (Lipinski definition) is 0. The lowest BCUT2D eigenvalue weighted by Crippen LogP contribution is -1.64. The first-order valence-electron chi connectivity index (χ1n) is 2.09. The zero-order chi connectivity index (χ0) is 4.83. The zero-order valence-electron chi connectivity index (χ0n) is 4.27. The Labute approximate surface area is 41.6 Å². The van der Waals surface area contributed by atoms with Crippen molar-refractivity contribution in [3.63, 3.8) is 0 Å². The molecule has 0 amide bonds. The Kier molecular flexibility index (Phi) is 4.56. The van der Waals surface area contributed by atoms with Gasteiger partial charge in [-0.25, -0.2) is 0 Å². The highest BCUT2D eigenvalue weighted by molar-refractivity contribution is 5.98. The Hall–Kier alpha value is -0.243. The number of hydrogen-bond acceptors (Lipinski definition) is 1. The van der Waals surface area contributed by atoms with Gasteiger partial charge in [-0.3, -0.25) is 0 Å². The van der Waals surface area contributed by atoms with E-state index in [1.807, 2.05) is 6.08 Å². The molecule has 0 aromatic heterocycles. The largest absolute Gasteiger partial charge is 0.559 e. The zero-order valence-corrected chi connectivity index (χ0v) is 6.27. The summed E-state index contributed by atoms with van der Waals surface area (Å²) in [5.41, 5.74) is 0. The predicted octanol–water partition coefficient (Wildman–Crippen LogP) is 0.207. The quantitative estimate of drug-likeness (QED) is 0.358. The average Bonchev–Trinajstić information content (AvgIpc) is 1.61. The first-order valence-corrected chi connectivity index (χ1v) is 2.91. The maximum atomic E-state index is 4.74. The first kappa shape index (κ1) is 5.76. The van der Waals surface area contributed by atoms with E-state index in [1.54, 1.807) is 6.26 Å². The topological polar surface area (TPSA) is 9.23 Å². The van der Waals surface area contributed by atoms with Gasteiger partial charge in [0.05, 0.1) is 6.26 Å². The predicted molar refractivity (Wildman–Crippen MR) is 30.5 cm³/mol. The Morgan fingerprint density at radius 1 is 1.83 bits per heavy atom. The molecule has 0 aliphatic heterocycles. The lowest BCUT2D eigenvalue weighted by Gasteiger charge is -1.81. The second-order valence-electron chi connectivity index (χ2n) is 1.02. The van der Waals surface area contributed by atoms with E-state index in [9.17, 15) is 0 Å². The molecule has 0 aromatic rings. The summed E-state index contributed by atoms with van der Waals surface area (Å²) in [5.74, 6) is 0. The van der Waals surface area contributed by atoms with Crippen LogP contribution >= 0.6 is 0 Å². The van der Waals surface area contributed by atoms with Crippen molar-refractivity contribution in [1.29, 1.82) is 0 Å². The van der Waals surface area contributed by atoms with Crippen molar-refractivity contribution in [2.75, 3.05) is 0 Å². The van der Waals surface area contributed by atoms with Gasteiger partial charge in [-0.15, -0.1) is 0 Å². The molecule has 0 aliphatic rings. The fourth-order valence-corrected chi connectivity index (χ4v) is 0.385. The molecule has 0 spiro atoms. The lowest BCUT2D eigenvalue weighted by atomic mass is 10.5. The Morgan fingerprint density at radius 3 is 2.67 bits per heavy atom. The van der Waals surface area contributed by atoms with Gasteiger partial charge < -0.3 is 4.43 Å². The van der Waals surface area contributed by atoms with E-state index in [-0.39, 0.29) is 0 Å². The van der Waals surface area contributed by atoms with E-state index < -0.39 is 0 Å². The molecule has 1 nitrogen and oxygen atoms in total. The van der Waals surface area contributed by atoms with Crippen molar-refractivity contribution in [2.24, 2.45) is 0 Å². The highest BCUT2D eigenvalue weighted by Crippen LogP contribution is 1.75. The van der Waals surface area contributed by atoms with Crippen LogP contribution < -0.4 is 0 Å². The van der Waals surface area contributed by atoms with Crippen LogP contribution in [0.2, 0.25) is 0 Å². The van der Waals surface area contributed by atoms with Gasteiger partial charge >= 0.3 is 0 Å². The molecule has 0 fully saturated rings. The van der Waals surface area contributed by atoms with Gasteiger partial charge in [0, 0.05) is 0 Å². The molecule has 6 heavy (non-hydrogen) atoms. The minimum atomic E-state index is 0.816. The number of allylic oxidation sites excluding steroid dienone is 1. The van der Waals surface area contributed by atoms with Gasteiger partial charge in [-0.2, -0.15) is 0 Å². The molecule has 0 aliphatic carbocycles. The minimum Gasteiger partial charge on any atom is -0.559 e. The molecule has 2 heteroatoms. The van der Waals surface area contributed by atoms with Gasteiger partial charge in [0.15, 0.2) is 0 Å². The van der Waals surface area contributed by atoms with Crippen LogP contribution in [0.1, 0.15) is 13.3 Å². The van der Waals surface area contributed by atoms with Crippen LogP contribution in [0.5, 0.6) is 0 Å². The second-order valence-corrected chi connectivity index (χ2v) is 1.49. The third kappa shape index (κ3) is 3.76. The maximum absolute atomic E-state index is 4.74. The van der Waals surface area contributed by atoms with Crippen molar-refractivity contribution in [1.82, 2.24) is 0 Å². The Balaban J connectivity index is 2.73. The van der Waals surface area contributed by atoms with Gasteiger partial charge in [0.2, 0.25) is 10.5 Å². The fraction of sp³-hybridized carbons (Fsp3) is 0.500. The second kappa shape index (κ2) is 4.76. The summed E-state index contributed by atoms with van der Waals surface area (Å²) < 4.78 is 4.74. The normalized spacial score (nSPS) is 10.2. The molecule has 0 heterocycles. The van der Waals surface area contributed by atoms with Crippen molar-refractivity contribution in [2.45, 2.75) is 13.3 Å². The summed E-state index contributed by atoms with van der Waals surface area (Å²) in [6, 6.07) is 0. The standard InChI is InChI=1S/C4H10OSi/c1-2-3-4-5-6/h3-4H,2H2,1,6H3/b4-3+. The average molecular weight is 102 g/mol. The van der Waals surface area contributed by atoms with Crippen molar-refractivity contribution >= 4 is 10.5 Å². The summed E-state index contributed by atoms with van der Waals surface area (Å²) in [5, 5.41) is 0. The molecule has 0 N–H and O–H groups in total. The molecular weight excluding hydrogens is 92.1 g/mol. The lowest BCUT2D eigenvalue weighted by molar-refractivity contribution is 0.532. The summed E-state index contributed by atoms with van der Waals surface area (Å²) in [7, 11) is 0.816. The van der Waals surface area contributed by atoms with Crippen LogP contribution in [0.25, 0.3) is 0 Å². The van der Waals surface area contributed by atoms with Crippen LogP contribution in [-0.4, -0.2) is 10.5 Å². The molecule has 0 aromatic carbocycles. The SMILES string of the molecule is CC/C=C/O[SiH3]. The van der Waals surface area contributed by atoms with E-state index in [2.05, 4.69) is 6.92 Å². The third-order valence-electron chi connectivity index (χ3n) is 0.468. The van der Waals surface area contributed by atoms with Crippen molar-refractivity contribution < 1.29 is 4.43 Å². The summed E-state index contributed by atoms with van der Waals surface area (Å²) in [4.78, 5) is 0. The molecule has 0 rings (SSSR count). The van der Waals surface area contributed by atoms with E-state index in [0.29, 0.717) is 0 Å². The van der Waals surface area contributed by atoms with Crippen molar-refractivity contribution in [3.8, 4) is 0 Å². The molecule has 0 saturated heterocycles. The Morgan fingerprint density at radius 2 is 2.50 bits per heavy atom. The summed E-state index contributed by atoms with van der Waals surface area (Å²) in [6.07, 6.45) is 4.81. The third-order valence-corrected chi connectivity index (χ3v) is 0.740. The van der Waals surface area contributed by atoms with Gasteiger partial charge in [0.25, 0.3) is 0 Å². The monoisotopic (exact) mass is 102 g/mol. The molecule has 36 valence electrons. The fourth-order valence-electron chi connectivity index (χ4n) is 0.192. The van der Waals surface area contributed by atoms with Crippen LogP contribution in [0.4, 0.5) is 0 Å². The van der Waals surface area contributed by atoms with E-state index in [4.69, 9.17) is 4.43 Å². The van der Waals surface area contributed by atoms with Gasteiger partial charge in [0.1, 0.15) is 0 Å². The highest BCUT2D eigenvalue weighted by atomic mass is 28.2. The first-order chi connectivity index (χ1) is 2.91.